The van der Waals surface area contributed by atoms with Crippen molar-refractivity contribution < 1.29 is 14.6 Å². The largest absolute Gasteiger partial charge is 0.458 e. The Morgan fingerprint density at radius 1 is 1.39 bits per heavy atom. The van der Waals surface area contributed by atoms with E-state index in [4.69, 9.17) is 4.74 Å². The summed E-state index contributed by atoms with van der Waals surface area (Å²) in [4.78, 5) is 11.7. The average molecular weight is 250 g/mol. The summed E-state index contributed by atoms with van der Waals surface area (Å²) in [6, 6.07) is 0. The third-order valence-electron chi connectivity index (χ3n) is 4.22. The van der Waals surface area contributed by atoms with Gasteiger partial charge in [-0.25, -0.2) is 0 Å². The Labute approximate surface area is 109 Å². The van der Waals surface area contributed by atoms with Gasteiger partial charge in [-0.2, -0.15) is 0 Å². The molecule has 1 aliphatic heterocycles. The lowest BCUT2D eigenvalue weighted by Crippen LogP contribution is -2.21. The van der Waals surface area contributed by atoms with Gasteiger partial charge in [0.1, 0.15) is 6.10 Å². The van der Waals surface area contributed by atoms with Gasteiger partial charge in [0.25, 0.3) is 0 Å². The first kappa shape index (κ1) is 13.3. The lowest BCUT2D eigenvalue weighted by Gasteiger charge is -2.22. The molecule has 0 spiro atoms. The summed E-state index contributed by atoms with van der Waals surface area (Å²) >= 11 is 0. The molecule has 1 N–H and O–H groups in total. The van der Waals surface area contributed by atoms with Crippen LogP contribution in [0.3, 0.4) is 0 Å². The number of allylic oxidation sites excluding steroid dienone is 1. The maximum atomic E-state index is 11.7. The van der Waals surface area contributed by atoms with Crippen molar-refractivity contribution in [2.45, 2.75) is 51.7 Å². The van der Waals surface area contributed by atoms with E-state index in [9.17, 15) is 9.90 Å². The molecular formula is C15H22O3. The summed E-state index contributed by atoms with van der Waals surface area (Å²) in [5.74, 6) is 0.0670. The van der Waals surface area contributed by atoms with Crippen molar-refractivity contribution in [3.05, 3.63) is 23.8 Å². The van der Waals surface area contributed by atoms with Gasteiger partial charge in [-0.15, -0.1) is 0 Å². The van der Waals surface area contributed by atoms with Gasteiger partial charge in [-0.1, -0.05) is 19.1 Å². The fourth-order valence-corrected chi connectivity index (χ4v) is 2.81. The Kier molecular flexibility index (Phi) is 3.91. The quantitative estimate of drug-likeness (QED) is 0.531. The molecule has 0 saturated carbocycles. The van der Waals surface area contributed by atoms with Gasteiger partial charge in [0.05, 0.1) is 12.0 Å². The Morgan fingerprint density at radius 3 is 2.83 bits per heavy atom. The van der Waals surface area contributed by atoms with Crippen LogP contribution >= 0.6 is 0 Å². The van der Waals surface area contributed by atoms with Crippen LogP contribution < -0.4 is 0 Å². The Morgan fingerprint density at radius 2 is 2.11 bits per heavy atom. The highest BCUT2D eigenvalue weighted by molar-refractivity contribution is 5.75. The van der Waals surface area contributed by atoms with E-state index in [2.05, 4.69) is 12.7 Å². The van der Waals surface area contributed by atoms with Crippen molar-refractivity contribution in [1.82, 2.24) is 0 Å². The lowest BCUT2D eigenvalue weighted by atomic mass is 9.83. The van der Waals surface area contributed by atoms with Crippen LogP contribution in [0.5, 0.6) is 0 Å². The molecule has 1 saturated heterocycles. The highest BCUT2D eigenvalue weighted by Gasteiger charge is 2.40. The Bertz CT molecular complexity index is 383. The van der Waals surface area contributed by atoms with Crippen molar-refractivity contribution in [3.8, 4) is 0 Å². The smallest absolute Gasteiger partial charge is 0.309 e. The van der Waals surface area contributed by atoms with Crippen LogP contribution in [0, 0.1) is 11.8 Å². The summed E-state index contributed by atoms with van der Waals surface area (Å²) in [5.41, 5.74) is 2.07. The lowest BCUT2D eigenvalue weighted by molar-refractivity contribution is -0.142. The van der Waals surface area contributed by atoms with Crippen LogP contribution in [0.4, 0.5) is 0 Å². The molecule has 0 aromatic rings. The SMILES string of the molecule is C=C1CC[C@@H]2[C@H](C)C(=O)O[C@@H]2/C=C(\C)CC[C@H]1O. The molecular weight excluding hydrogens is 228 g/mol. The van der Waals surface area contributed by atoms with Crippen molar-refractivity contribution in [3.63, 3.8) is 0 Å². The molecule has 0 bridgehead atoms. The number of ether oxygens (including phenoxy) is 1. The number of esters is 1. The van der Waals surface area contributed by atoms with Crippen molar-refractivity contribution in [2.75, 3.05) is 0 Å². The van der Waals surface area contributed by atoms with E-state index < -0.39 is 6.10 Å². The molecule has 0 aromatic heterocycles. The summed E-state index contributed by atoms with van der Waals surface area (Å²) in [6.45, 7) is 7.92. The number of hydrogen-bond donors (Lipinski definition) is 1. The number of carbonyl (C=O) groups is 1. The second-order valence-electron chi connectivity index (χ2n) is 5.62. The minimum Gasteiger partial charge on any atom is -0.458 e. The molecule has 0 aromatic carbocycles. The van der Waals surface area contributed by atoms with E-state index >= 15 is 0 Å². The fraction of sp³-hybridized carbons (Fsp3) is 0.667. The number of carbonyl (C=O) groups excluding carboxylic acids is 1. The standard InChI is InChI=1S/C15H22O3/c1-9-4-7-13(16)10(2)5-6-12-11(3)15(17)18-14(12)8-9/h8,11-14,16H,2,4-7H2,1,3H3/b9-8+/t11-,12+,13+,14+/m0/s1. The molecule has 0 unspecified atom stereocenters. The normalized spacial score (nSPS) is 40.7. The van der Waals surface area contributed by atoms with Crippen LogP contribution in [-0.4, -0.2) is 23.3 Å². The predicted octanol–water partition coefficient (Wildman–Crippen LogP) is 2.60. The van der Waals surface area contributed by atoms with Crippen molar-refractivity contribution >= 4 is 5.97 Å². The first-order chi connectivity index (χ1) is 8.49. The topological polar surface area (TPSA) is 46.5 Å². The van der Waals surface area contributed by atoms with E-state index in [1.54, 1.807) is 0 Å². The fourth-order valence-electron chi connectivity index (χ4n) is 2.81. The van der Waals surface area contributed by atoms with Crippen LogP contribution in [-0.2, 0) is 9.53 Å². The number of aliphatic hydroxyl groups excluding tert-OH is 1. The van der Waals surface area contributed by atoms with E-state index in [-0.39, 0.29) is 23.9 Å². The van der Waals surface area contributed by atoms with Crippen LogP contribution in [0.2, 0.25) is 0 Å². The number of aliphatic hydroxyl groups is 1. The monoisotopic (exact) mass is 250 g/mol. The van der Waals surface area contributed by atoms with Gasteiger partial charge in [0, 0.05) is 5.92 Å². The molecule has 18 heavy (non-hydrogen) atoms. The maximum Gasteiger partial charge on any atom is 0.309 e. The minimum atomic E-state index is -0.418. The van der Waals surface area contributed by atoms with Gasteiger partial charge in [0.2, 0.25) is 0 Å². The zero-order valence-electron chi connectivity index (χ0n) is 11.2. The van der Waals surface area contributed by atoms with Gasteiger partial charge < -0.3 is 9.84 Å². The Hall–Kier alpha value is -1.09. The molecule has 0 radical (unpaired) electrons. The van der Waals surface area contributed by atoms with E-state index in [0.29, 0.717) is 6.42 Å². The number of rotatable bonds is 0. The third kappa shape index (κ3) is 2.66. The first-order valence-corrected chi connectivity index (χ1v) is 6.72. The van der Waals surface area contributed by atoms with Crippen molar-refractivity contribution in [2.24, 2.45) is 11.8 Å². The van der Waals surface area contributed by atoms with E-state index in [0.717, 1.165) is 24.8 Å². The summed E-state index contributed by atoms with van der Waals surface area (Å²) in [5, 5.41) is 9.95. The molecule has 4 atom stereocenters. The molecule has 3 nitrogen and oxygen atoms in total. The van der Waals surface area contributed by atoms with Gasteiger partial charge in [0.15, 0.2) is 0 Å². The molecule has 2 aliphatic rings. The zero-order chi connectivity index (χ0) is 13.3. The van der Waals surface area contributed by atoms with Crippen molar-refractivity contribution in [1.29, 1.82) is 0 Å². The second kappa shape index (κ2) is 5.27. The Balaban J connectivity index is 2.21. The number of fused-ring (bicyclic) bond motifs is 1. The molecule has 1 aliphatic carbocycles. The molecule has 1 fully saturated rings. The molecule has 3 heteroatoms. The predicted molar refractivity (Wildman–Crippen MR) is 69.9 cm³/mol. The highest BCUT2D eigenvalue weighted by Crippen LogP contribution is 2.35. The van der Waals surface area contributed by atoms with Crippen LogP contribution in [0.15, 0.2) is 23.8 Å². The van der Waals surface area contributed by atoms with E-state index in [1.807, 2.05) is 13.8 Å². The third-order valence-corrected chi connectivity index (χ3v) is 4.22. The minimum absolute atomic E-state index is 0.0524. The maximum absolute atomic E-state index is 11.7. The van der Waals surface area contributed by atoms with Gasteiger partial charge in [-0.05, 0) is 44.3 Å². The van der Waals surface area contributed by atoms with Crippen LogP contribution in [0.1, 0.15) is 39.5 Å². The molecule has 2 rings (SSSR count). The average Bonchev–Trinajstić information content (AvgIpc) is 2.58. The zero-order valence-corrected chi connectivity index (χ0v) is 11.2. The molecule has 1 heterocycles. The number of hydrogen-bond acceptors (Lipinski definition) is 3. The molecule has 100 valence electrons. The van der Waals surface area contributed by atoms with Gasteiger partial charge in [-0.3, -0.25) is 4.79 Å². The second-order valence-corrected chi connectivity index (χ2v) is 5.62. The summed E-state index contributed by atoms with van der Waals surface area (Å²) < 4.78 is 5.43. The van der Waals surface area contributed by atoms with Gasteiger partial charge >= 0.3 is 5.97 Å². The highest BCUT2D eigenvalue weighted by atomic mass is 16.6. The van der Waals surface area contributed by atoms with Crippen LogP contribution in [0.25, 0.3) is 0 Å². The molecule has 0 amide bonds. The summed E-state index contributed by atoms with van der Waals surface area (Å²) in [6.07, 6.45) is 4.73. The first-order valence-electron chi connectivity index (χ1n) is 6.72. The summed E-state index contributed by atoms with van der Waals surface area (Å²) in [7, 11) is 0. The van der Waals surface area contributed by atoms with E-state index in [1.165, 1.54) is 5.57 Å².